The lowest BCUT2D eigenvalue weighted by molar-refractivity contribution is -0.340. The number of aliphatic hydroxyl groups excluding tert-OH is 1. The van der Waals surface area contributed by atoms with Gasteiger partial charge in [-0.05, 0) is 73.8 Å². The number of rotatable bonds is 5. The molecular formula is C42H57NO10. The Morgan fingerprint density at radius 3 is 2.64 bits per heavy atom. The SMILES string of the molecule is CC[C@H](C)[C@H]1O[C@]2(CC[C@@H]1C)C[C@@H]1C[C@@H](C/C=C(\C)[C@H](NC(=O)c3ccc(OC)c(O)c3)[C@@H](C)/C=C/C=C3\CO[C@@H]4[C@H](O)C(C)=C[C@@H](C(=O)O1)[C@]34O)O2. The molecule has 4 heterocycles. The Balaban J connectivity index is 1.39. The Bertz CT molecular complexity index is 1660. The van der Waals surface area contributed by atoms with Crippen molar-refractivity contribution in [3.05, 3.63) is 70.9 Å². The molecule has 5 aliphatic rings. The molecule has 6 rings (SSSR count). The predicted molar refractivity (Wildman–Crippen MR) is 198 cm³/mol. The number of aliphatic hydroxyl groups is 2. The van der Waals surface area contributed by atoms with Gasteiger partial charge in [0.1, 0.15) is 29.8 Å². The lowest BCUT2D eigenvalue weighted by Gasteiger charge is -2.51. The third-order valence-electron chi connectivity index (χ3n) is 12.3. The smallest absolute Gasteiger partial charge is 0.316 e. The Morgan fingerprint density at radius 2 is 1.92 bits per heavy atom. The molecule has 11 nitrogen and oxygen atoms in total. The van der Waals surface area contributed by atoms with E-state index >= 15 is 0 Å². The summed E-state index contributed by atoms with van der Waals surface area (Å²) in [4.78, 5) is 27.8. The molecule has 0 unspecified atom stereocenters. The van der Waals surface area contributed by atoms with Gasteiger partial charge in [0, 0.05) is 24.8 Å². The number of aromatic hydroxyl groups is 1. The number of allylic oxidation sites excluding steroid dienone is 2. The zero-order valence-corrected chi connectivity index (χ0v) is 32.0. The number of benzene rings is 1. The summed E-state index contributed by atoms with van der Waals surface area (Å²) in [6.45, 7) is 12.3. The van der Waals surface area contributed by atoms with Gasteiger partial charge in [-0.3, -0.25) is 9.59 Å². The van der Waals surface area contributed by atoms with Gasteiger partial charge in [0.15, 0.2) is 17.3 Å². The molecule has 3 saturated heterocycles. The van der Waals surface area contributed by atoms with E-state index in [4.69, 9.17) is 23.7 Å². The lowest BCUT2D eigenvalue weighted by Crippen LogP contribution is -2.58. The first-order valence-corrected chi connectivity index (χ1v) is 19.2. The first-order chi connectivity index (χ1) is 25.2. The third-order valence-corrected chi connectivity index (χ3v) is 12.3. The van der Waals surface area contributed by atoms with Gasteiger partial charge in [-0.1, -0.05) is 70.1 Å². The molecule has 0 aromatic heterocycles. The van der Waals surface area contributed by atoms with Gasteiger partial charge in [0.2, 0.25) is 0 Å². The highest BCUT2D eigenvalue weighted by atomic mass is 16.7. The van der Waals surface area contributed by atoms with Crippen LogP contribution in [0.3, 0.4) is 0 Å². The van der Waals surface area contributed by atoms with Crippen LogP contribution in [0.5, 0.6) is 11.5 Å². The van der Waals surface area contributed by atoms with Crippen LogP contribution in [0.25, 0.3) is 0 Å². The molecule has 3 fully saturated rings. The zero-order valence-electron chi connectivity index (χ0n) is 32.0. The van der Waals surface area contributed by atoms with Crippen LogP contribution in [0.1, 0.15) is 90.4 Å². The second kappa shape index (κ2) is 15.7. The van der Waals surface area contributed by atoms with Gasteiger partial charge in [0.05, 0.1) is 32.0 Å². The minimum Gasteiger partial charge on any atom is -0.504 e. The van der Waals surface area contributed by atoms with Crippen molar-refractivity contribution in [2.24, 2.45) is 23.7 Å². The van der Waals surface area contributed by atoms with E-state index in [1.165, 1.54) is 13.2 Å². The standard InChI is InChI=1S/C42H57NO10/c1-8-23(2)37-26(5)16-17-41(53-37)21-31-20-30(52-41)14-12-25(4)35(43-39(46)28-13-15-34(49-7)33(44)19-28)24(3)10-9-11-29-22-50-38-36(45)27(6)18-32(40(47)51-31)42(29,38)48/h9-13,15,18-19,23-24,26,30-32,35-38,44-45,48H,8,14,16-17,20-22H2,1-7H3,(H,43,46)/b10-9+,25-12+,29-11+/t23-,24-,26-,30+,31-,32-,35+,36+,37+,38+,41+,42+/m0/s1. The van der Waals surface area contributed by atoms with Crippen molar-refractivity contribution in [2.45, 2.75) is 128 Å². The molecule has 4 N–H and O–H groups in total. The van der Waals surface area contributed by atoms with Gasteiger partial charge >= 0.3 is 5.97 Å². The molecule has 1 aliphatic carbocycles. The monoisotopic (exact) mass is 735 g/mol. The van der Waals surface area contributed by atoms with Crippen molar-refractivity contribution in [1.82, 2.24) is 5.32 Å². The van der Waals surface area contributed by atoms with E-state index in [2.05, 4.69) is 32.2 Å². The maximum atomic E-state index is 14.2. The van der Waals surface area contributed by atoms with Gasteiger partial charge in [-0.25, -0.2) is 0 Å². The Labute approximate surface area is 313 Å². The Morgan fingerprint density at radius 1 is 1.15 bits per heavy atom. The Hall–Kier alpha value is -3.48. The van der Waals surface area contributed by atoms with Crippen LogP contribution in [0.15, 0.2) is 65.3 Å². The van der Waals surface area contributed by atoms with Crippen LogP contribution in [-0.4, -0.2) is 88.9 Å². The predicted octanol–water partition coefficient (Wildman–Crippen LogP) is 5.68. The number of esters is 1. The fourth-order valence-corrected chi connectivity index (χ4v) is 8.86. The van der Waals surface area contributed by atoms with Crippen molar-refractivity contribution in [3.63, 3.8) is 0 Å². The fourth-order valence-electron chi connectivity index (χ4n) is 8.86. The maximum Gasteiger partial charge on any atom is 0.316 e. The summed E-state index contributed by atoms with van der Waals surface area (Å²) >= 11 is 0. The van der Waals surface area contributed by atoms with Crippen LogP contribution < -0.4 is 10.1 Å². The third kappa shape index (κ3) is 7.73. The van der Waals surface area contributed by atoms with Crippen LogP contribution in [0.4, 0.5) is 0 Å². The molecule has 2 bridgehead atoms. The van der Waals surface area contributed by atoms with E-state index in [9.17, 15) is 24.9 Å². The minimum atomic E-state index is -1.83. The summed E-state index contributed by atoms with van der Waals surface area (Å²) in [5, 5.41) is 37.0. The molecule has 1 amide bonds. The van der Waals surface area contributed by atoms with E-state index in [0.717, 1.165) is 18.4 Å². The number of hydrogen-bond acceptors (Lipinski definition) is 10. The summed E-state index contributed by atoms with van der Waals surface area (Å²) in [6, 6.07) is 4.08. The van der Waals surface area contributed by atoms with Gasteiger partial charge in [0.25, 0.3) is 5.91 Å². The molecule has 0 saturated carbocycles. The van der Waals surface area contributed by atoms with Crippen molar-refractivity contribution < 1.29 is 48.6 Å². The number of carbonyl (C=O) groups is 2. The molecule has 12 atom stereocenters. The number of amides is 1. The fraction of sp³-hybridized carbons (Fsp3) is 0.619. The van der Waals surface area contributed by atoms with E-state index in [0.29, 0.717) is 48.7 Å². The summed E-state index contributed by atoms with van der Waals surface area (Å²) < 4.78 is 31.3. The first kappa shape index (κ1) is 39.2. The highest BCUT2D eigenvalue weighted by molar-refractivity contribution is 5.95. The number of phenolic OH excluding ortho intramolecular Hbond substituents is 1. The summed E-state index contributed by atoms with van der Waals surface area (Å²) in [7, 11) is 1.45. The average Bonchev–Trinajstić information content (AvgIpc) is 3.47. The van der Waals surface area contributed by atoms with E-state index in [1.807, 2.05) is 19.9 Å². The number of fused-ring (bicyclic) bond motifs is 2. The van der Waals surface area contributed by atoms with Crippen LogP contribution in [0, 0.1) is 23.7 Å². The van der Waals surface area contributed by atoms with Crippen molar-refractivity contribution in [3.8, 4) is 11.5 Å². The highest BCUT2D eigenvalue weighted by Gasteiger charge is 2.60. The number of carbonyl (C=O) groups excluding carboxylic acids is 2. The zero-order chi connectivity index (χ0) is 38.2. The topological polar surface area (TPSA) is 153 Å². The van der Waals surface area contributed by atoms with E-state index in [1.54, 1.807) is 37.3 Å². The molecule has 1 spiro atoms. The normalized spacial score (nSPS) is 40.7. The number of nitrogens with one attached hydrogen (secondary N) is 1. The van der Waals surface area contributed by atoms with Crippen LogP contribution in [-0.2, 0) is 23.7 Å². The van der Waals surface area contributed by atoms with Crippen molar-refractivity contribution >= 4 is 11.9 Å². The summed E-state index contributed by atoms with van der Waals surface area (Å²) in [5.41, 5.74) is 0.338. The first-order valence-electron chi connectivity index (χ1n) is 19.2. The van der Waals surface area contributed by atoms with Crippen molar-refractivity contribution in [1.29, 1.82) is 0 Å². The number of hydrogen-bond donors (Lipinski definition) is 4. The quantitative estimate of drug-likeness (QED) is 0.220. The van der Waals surface area contributed by atoms with E-state index < -0.39 is 47.6 Å². The molecular weight excluding hydrogens is 678 g/mol. The molecule has 53 heavy (non-hydrogen) atoms. The Kier molecular flexibility index (Phi) is 11.6. The molecule has 0 radical (unpaired) electrons. The molecule has 11 heteroatoms. The van der Waals surface area contributed by atoms with Gasteiger partial charge in [-0.15, -0.1) is 0 Å². The molecule has 290 valence electrons. The molecule has 1 aromatic rings. The second-order valence-electron chi connectivity index (χ2n) is 16.0. The van der Waals surface area contributed by atoms with E-state index in [-0.39, 0.29) is 47.7 Å². The average molecular weight is 736 g/mol. The molecule has 4 aliphatic heterocycles. The van der Waals surface area contributed by atoms with Crippen LogP contribution in [0.2, 0.25) is 0 Å². The number of phenols is 1. The highest BCUT2D eigenvalue weighted by Crippen LogP contribution is 2.48. The maximum absolute atomic E-state index is 14.2. The molecule has 1 aromatic carbocycles. The number of ether oxygens (including phenoxy) is 5. The van der Waals surface area contributed by atoms with Crippen molar-refractivity contribution in [2.75, 3.05) is 13.7 Å². The van der Waals surface area contributed by atoms with Gasteiger partial charge < -0.3 is 44.3 Å². The van der Waals surface area contributed by atoms with Crippen LogP contribution >= 0.6 is 0 Å². The second-order valence-corrected chi connectivity index (χ2v) is 16.0. The summed E-state index contributed by atoms with van der Waals surface area (Å²) in [5.74, 6) is -2.43. The number of methoxy groups -OCH3 is 1. The minimum absolute atomic E-state index is 0.0150. The van der Waals surface area contributed by atoms with Gasteiger partial charge in [-0.2, -0.15) is 0 Å². The summed E-state index contributed by atoms with van der Waals surface area (Å²) in [6.07, 6.45) is 9.85. The lowest BCUT2D eigenvalue weighted by atomic mass is 9.71. The largest absolute Gasteiger partial charge is 0.504 e.